The molecule has 1 unspecified atom stereocenters. The fourth-order valence-corrected chi connectivity index (χ4v) is 1.32. The summed E-state index contributed by atoms with van der Waals surface area (Å²) >= 11 is 0. The Bertz CT molecular complexity index is 136. The molecule has 0 saturated heterocycles. The van der Waals surface area contributed by atoms with Crippen molar-refractivity contribution in [2.75, 3.05) is 33.7 Å². The molecule has 0 fully saturated rings. The van der Waals surface area contributed by atoms with Gasteiger partial charge < -0.3 is 5.32 Å². The molecule has 0 radical (unpaired) electrons. The molecule has 13 heavy (non-hydrogen) atoms. The second-order valence-electron chi connectivity index (χ2n) is 3.47. The van der Waals surface area contributed by atoms with E-state index in [0.717, 1.165) is 6.54 Å². The van der Waals surface area contributed by atoms with E-state index in [1.54, 1.807) is 7.05 Å². The van der Waals surface area contributed by atoms with Gasteiger partial charge in [-0.3, -0.25) is 4.90 Å². The molecule has 0 aliphatic heterocycles. The summed E-state index contributed by atoms with van der Waals surface area (Å²) < 4.78 is 35.7. The predicted octanol–water partition coefficient (Wildman–Crippen LogP) is 1.34. The van der Waals surface area contributed by atoms with Crippen molar-refractivity contribution in [2.24, 2.45) is 5.92 Å². The van der Waals surface area contributed by atoms with Crippen molar-refractivity contribution >= 4 is 0 Å². The fraction of sp³-hybridized carbons (Fsp3) is 1.00. The molecule has 80 valence electrons. The highest BCUT2D eigenvalue weighted by molar-refractivity contribution is 4.63. The second-order valence-corrected chi connectivity index (χ2v) is 3.47. The predicted molar refractivity (Wildman–Crippen MR) is 46.6 cm³/mol. The van der Waals surface area contributed by atoms with Gasteiger partial charge in [-0.2, -0.15) is 13.2 Å². The first-order chi connectivity index (χ1) is 5.85. The smallest absolute Gasteiger partial charge is 0.319 e. The molecule has 5 heteroatoms. The molecule has 1 N–H and O–H groups in total. The maximum Gasteiger partial charge on any atom is 0.401 e. The van der Waals surface area contributed by atoms with Gasteiger partial charge in [0.1, 0.15) is 0 Å². The van der Waals surface area contributed by atoms with E-state index >= 15 is 0 Å². The van der Waals surface area contributed by atoms with Crippen molar-refractivity contribution < 1.29 is 13.2 Å². The first kappa shape index (κ1) is 12.7. The Hall–Kier alpha value is -0.290. The van der Waals surface area contributed by atoms with E-state index in [4.69, 9.17) is 0 Å². The fourth-order valence-electron chi connectivity index (χ4n) is 1.32. The van der Waals surface area contributed by atoms with Crippen LogP contribution in [0.25, 0.3) is 0 Å². The monoisotopic (exact) mass is 198 g/mol. The molecule has 0 aromatic rings. The summed E-state index contributed by atoms with van der Waals surface area (Å²) in [6.07, 6.45) is -4.09. The summed E-state index contributed by atoms with van der Waals surface area (Å²) in [6.45, 7) is 2.28. The summed E-state index contributed by atoms with van der Waals surface area (Å²) in [5, 5.41) is 2.93. The summed E-state index contributed by atoms with van der Waals surface area (Å²) in [6, 6.07) is 0. The number of halogens is 3. The number of nitrogens with one attached hydrogen (secondary N) is 1. The van der Waals surface area contributed by atoms with Crippen LogP contribution < -0.4 is 5.32 Å². The Morgan fingerprint density at radius 3 is 2.31 bits per heavy atom. The van der Waals surface area contributed by atoms with Crippen molar-refractivity contribution in [3.05, 3.63) is 0 Å². The average Bonchev–Trinajstić information content (AvgIpc) is 1.81. The van der Waals surface area contributed by atoms with Crippen molar-refractivity contribution in [1.29, 1.82) is 0 Å². The minimum Gasteiger partial charge on any atom is -0.319 e. The van der Waals surface area contributed by atoms with Crippen molar-refractivity contribution in [3.63, 3.8) is 0 Å². The Kier molecular flexibility index (Phi) is 5.32. The normalized spacial score (nSPS) is 15.0. The number of hydrogen-bond acceptors (Lipinski definition) is 2. The van der Waals surface area contributed by atoms with Crippen LogP contribution in [0, 0.1) is 5.92 Å². The van der Waals surface area contributed by atoms with Crippen LogP contribution in [0.2, 0.25) is 0 Å². The number of nitrogens with zero attached hydrogens (tertiary/aromatic N) is 1. The molecule has 0 heterocycles. The maximum atomic E-state index is 11.9. The second kappa shape index (κ2) is 5.44. The van der Waals surface area contributed by atoms with Crippen molar-refractivity contribution in [2.45, 2.75) is 13.1 Å². The summed E-state index contributed by atoms with van der Waals surface area (Å²) in [7, 11) is 3.28. The molecule has 0 aliphatic rings. The van der Waals surface area contributed by atoms with Crippen LogP contribution in [0.5, 0.6) is 0 Å². The van der Waals surface area contributed by atoms with Gasteiger partial charge in [-0.15, -0.1) is 0 Å². The zero-order valence-corrected chi connectivity index (χ0v) is 8.28. The molecule has 0 aliphatic carbocycles. The van der Waals surface area contributed by atoms with E-state index in [0.29, 0.717) is 6.54 Å². The molecule has 2 nitrogen and oxygen atoms in total. The topological polar surface area (TPSA) is 15.3 Å². The first-order valence-corrected chi connectivity index (χ1v) is 4.25. The van der Waals surface area contributed by atoms with E-state index < -0.39 is 12.7 Å². The molecule has 0 saturated carbocycles. The van der Waals surface area contributed by atoms with Gasteiger partial charge in [-0.1, -0.05) is 6.92 Å². The highest BCUT2D eigenvalue weighted by Crippen LogP contribution is 2.15. The van der Waals surface area contributed by atoms with Crippen molar-refractivity contribution in [1.82, 2.24) is 10.2 Å². The third-order valence-electron chi connectivity index (χ3n) is 1.63. The molecule has 0 amide bonds. The van der Waals surface area contributed by atoms with E-state index in [-0.39, 0.29) is 5.92 Å². The molecule has 0 bridgehead atoms. The lowest BCUT2D eigenvalue weighted by atomic mass is 10.2. The Morgan fingerprint density at radius 2 is 1.92 bits per heavy atom. The zero-order chi connectivity index (χ0) is 10.5. The Labute approximate surface area is 77.1 Å². The molecule has 0 aromatic heterocycles. The minimum absolute atomic E-state index is 0.234. The van der Waals surface area contributed by atoms with Gasteiger partial charge in [0.25, 0.3) is 0 Å². The summed E-state index contributed by atoms with van der Waals surface area (Å²) in [5.74, 6) is 0.234. The summed E-state index contributed by atoms with van der Waals surface area (Å²) in [5.41, 5.74) is 0. The van der Waals surface area contributed by atoms with Gasteiger partial charge in [0.05, 0.1) is 6.54 Å². The lowest BCUT2D eigenvalue weighted by molar-refractivity contribution is -0.143. The Balaban J connectivity index is 3.67. The van der Waals surface area contributed by atoms with Gasteiger partial charge in [0.15, 0.2) is 0 Å². The SMILES string of the molecule is CNCC(C)CN(C)CC(F)(F)F. The maximum absolute atomic E-state index is 11.9. The number of alkyl halides is 3. The average molecular weight is 198 g/mol. The minimum atomic E-state index is -4.09. The third-order valence-corrected chi connectivity index (χ3v) is 1.63. The first-order valence-electron chi connectivity index (χ1n) is 4.25. The third kappa shape index (κ3) is 8.05. The van der Waals surface area contributed by atoms with Gasteiger partial charge in [-0.25, -0.2) is 0 Å². The van der Waals surface area contributed by atoms with Crippen LogP contribution in [0.1, 0.15) is 6.92 Å². The molecule has 1 atom stereocenters. The lowest BCUT2D eigenvalue weighted by Crippen LogP contribution is -2.36. The van der Waals surface area contributed by atoms with E-state index in [9.17, 15) is 13.2 Å². The van der Waals surface area contributed by atoms with Gasteiger partial charge in [-0.05, 0) is 26.6 Å². The summed E-state index contributed by atoms with van der Waals surface area (Å²) in [4.78, 5) is 1.29. The van der Waals surface area contributed by atoms with Crippen LogP contribution in [0.3, 0.4) is 0 Å². The van der Waals surface area contributed by atoms with Crippen LogP contribution in [-0.2, 0) is 0 Å². The van der Waals surface area contributed by atoms with E-state index in [1.807, 2.05) is 6.92 Å². The van der Waals surface area contributed by atoms with Gasteiger partial charge in [0.2, 0.25) is 0 Å². The lowest BCUT2D eigenvalue weighted by Gasteiger charge is -2.22. The number of hydrogen-bond donors (Lipinski definition) is 1. The van der Waals surface area contributed by atoms with Gasteiger partial charge >= 0.3 is 6.18 Å². The van der Waals surface area contributed by atoms with Crippen LogP contribution in [0.4, 0.5) is 13.2 Å². The molecular formula is C8H17F3N2. The largest absolute Gasteiger partial charge is 0.401 e. The highest BCUT2D eigenvalue weighted by atomic mass is 19.4. The van der Waals surface area contributed by atoms with Crippen molar-refractivity contribution in [3.8, 4) is 0 Å². The van der Waals surface area contributed by atoms with E-state index in [1.165, 1.54) is 11.9 Å². The standard InChI is InChI=1S/C8H17F3N2/c1-7(4-12-2)5-13(3)6-8(9,10)11/h7,12H,4-6H2,1-3H3. The van der Waals surface area contributed by atoms with Crippen LogP contribution in [0.15, 0.2) is 0 Å². The highest BCUT2D eigenvalue weighted by Gasteiger charge is 2.29. The van der Waals surface area contributed by atoms with E-state index in [2.05, 4.69) is 5.32 Å². The molecular weight excluding hydrogens is 181 g/mol. The zero-order valence-electron chi connectivity index (χ0n) is 8.28. The van der Waals surface area contributed by atoms with Crippen LogP contribution in [-0.4, -0.2) is 44.8 Å². The molecule has 0 spiro atoms. The van der Waals surface area contributed by atoms with Gasteiger partial charge in [0, 0.05) is 6.54 Å². The number of rotatable bonds is 5. The quantitative estimate of drug-likeness (QED) is 0.717. The molecule has 0 rings (SSSR count). The van der Waals surface area contributed by atoms with Crippen LogP contribution >= 0.6 is 0 Å². The molecule has 0 aromatic carbocycles. The Morgan fingerprint density at radius 1 is 1.38 bits per heavy atom.